The van der Waals surface area contributed by atoms with Crippen LogP contribution in [0.15, 0.2) is 54.6 Å². The van der Waals surface area contributed by atoms with Crippen molar-refractivity contribution in [1.82, 2.24) is 15.1 Å². The second-order valence-electron chi connectivity index (χ2n) is 6.45. The molecule has 2 heterocycles. The Kier molecular flexibility index (Phi) is 4.49. The first kappa shape index (κ1) is 17.4. The highest BCUT2D eigenvalue weighted by Crippen LogP contribution is 2.34. The van der Waals surface area contributed by atoms with E-state index in [-0.39, 0.29) is 11.7 Å². The smallest absolute Gasteiger partial charge is 0.261 e. The third-order valence-corrected chi connectivity index (χ3v) is 5.64. The van der Waals surface area contributed by atoms with Crippen molar-refractivity contribution < 1.29 is 9.18 Å². The van der Waals surface area contributed by atoms with Crippen LogP contribution in [0.1, 0.15) is 20.8 Å². The summed E-state index contributed by atoms with van der Waals surface area (Å²) in [6.45, 7) is 2.49. The van der Waals surface area contributed by atoms with E-state index in [0.29, 0.717) is 22.7 Å². The molecule has 2 aromatic heterocycles. The van der Waals surface area contributed by atoms with Gasteiger partial charge in [-0.25, -0.2) is 4.39 Å². The second kappa shape index (κ2) is 6.96. The molecule has 4 aromatic rings. The molecule has 0 saturated carbocycles. The minimum Gasteiger partial charge on any atom is -0.347 e. The first-order chi connectivity index (χ1) is 13.0. The minimum atomic E-state index is -0.325. The number of nitrogens with one attached hydrogen (secondary N) is 1. The van der Waals surface area contributed by atoms with Gasteiger partial charge in [-0.1, -0.05) is 42.0 Å². The molecule has 2 aromatic carbocycles. The lowest BCUT2D eigenvalue weighted by molar-refractivity contribution is 0.0955. The molecule has 0 bridgehead atoms. The zero-order valence-electron chi connectivity index (χ0n) is 15.0. The van der Waals surface area contributed by atoms with Crippen LogP contribution in [0.3, 0.4) is 0 Å². The number of halogens is 1. The van der Waals surface area contributed by atoms with Crippen molar-refractivity contribution in [1.29, 1.82) is 0 Å². The summed E-state index contributed by atoms with van der Waals surface area (Å²) in [6, 6.07) is 16.4. The fourth-order valence-electron chi connectivity index (χ4n) is 2.98. The number of benzene rings is 2. The van der Waals surface area contributed by atoms with Crippen molar-refractivity contribution in [2.24, 2.45) is 7.05 Å². The molecule has 0 fully saturated rings. The molecule has 136 valence electrons. The van der Waals surface area contributed by atoms with Gasteiger partial charge in [0.05, 0.1) is 4.88 Å². The summed E-state index contributed by atoms with van der Waals surface area (Å²) in [5.41, 5.74) is 3.22. The standard InChI is InChI=1S/C21H18FN3OS/c1-13-7-9-14(10-8-13)12-23-20(26)18-11-16-19(24-25(2)21(16)27-18)15-5-3-4-6-17(15)22/h3-11H,12H2,1-2H3,(H,23,26). The molecule has 0 aliphatic carbocycles. The molecule has 0 saturated heterocycles. The van der Waals surface area contributed by atoms with Gasteiger partial charge in [-0.2, -0.15) is 5.10 Å². The van der Waals surface area contributed by atoms with Gasteiger partial charge in [0.2, 0.25) is 0 Å². The van der Waals surface area contributed by atoms with Crippen molar-refractivity contribution in [2.45, 2.75) is 13.5 Å². The topological polar surface area (TPSA) is 46.9 Å². The lowest BCUT2D eigenvalue weighted by atomic mass is 10.1. The molecule has 6 heteroatoms. The van der Waals surface area contributed by atoms with E-state index < -0.39 is 0 Å². The Morgan fingerprint density at radius 3 is 2.67 bits per heavy atom. The lowest BCUT2D eigenvalue weighted by Crippen LogP contribution is -2.21. The third kappa shape index (κ3) is 3.36. The number of rotatable bonds is 4. The fraction of sp³-hybridized carbons (Fsp3) is 0.143. The molecule has 0 aliphatic heterocycles. The Balaban J connectivity index is 1.61. The molecule has 4 nitrogen and oxygen atoms in total. The Hall–Kier alpha value is -2.99. The van der Waals surface area contributed by atoms with E-state index >= 15 is 0 Å². The summed E-state index contributed by atoms with van der Waals surface area (Å²) in [6.07, 6.45) is 0. The largest absolute Gasteiger partial charge is 0.347 e. The highest BCUT2D eigenvalue weighted by Gasteiger charge is 2.19. The van der Waals surface area contributed by atoms with Crippen LogP contribution in [0, 0.1) is 12.7 Å². The molecule has 0 atom stereocenters. The quantitative estimate of drug-likeness (QED) is 0.560. The SMILES string of the molecule is Cc1ccc(CNC(=O)c2cc3c(-c4ccccc4F)nn(C)c3s2)cc1. The summed E-state index contributed by atoms with van der Waals surface area (Å²) in [5, 5.41) is 8.17. The van der Waals surface area contributed by atoms with Gasteiger partial charge >= 0.3 is 0 Å². The number of nitrogens with zero attached hydrogens (tertiary/aromatic N) is 2. The maximum Gasteiger partial charge on any atom is 0.261 e. The fourth-order valence-corrected chi connectivity index (χ4v) is 3.97. The number of carbonyl (C=O) groups excluding carboxylic acids is 1. The van der Waals surface area contributed by atoms with Gasteiger partial charge in [0, 0.05) is 24.5 Å². The average molecular weight is 379 g/mol. The van der Waals surface area contributed by atoms with Crippen molar-refractivity contribution >= 4 is 27.5 Å². The van der Waals surface area contributed by atoms with E-state index in [1.807, 2.05) is 31.2 Å². The molecule has 1 amide bonds. The van der Waals surface area contributed by atoms with E-state index in [1.54, 1.807) is 36.0 Å². The number of hydrogen-bond acceptors (Lipinski definition) is 3. The van der Waals surface area contributed by atoms with Gasteiger partial charge in [0.25, 0.3) is 5.91 Å². The molecule has 0 radical (unpaired) electrons. The molecule has 4 rings (SSSR count). The Labute approximate surface area is 160 Å². The van der Waals surface area contributed by atoms with E-state index in [4.69, 9.17) is 0 Å². The number of aryl methyl sites for hydroxylation is 2. The maximum atomic E-state index is 14.2. The number of thiophene rings is 1. The normalized spacial score (nSPS) is 11.1. The molecular weight excluding hydrogens is 361 g/mol. The van der Waals surface area contributed by atoms with E-state index in [1.165, 1.54) is 23.0 Å². The summed E-state index contributed by atoms with van der Waals surface area (Å²) in [7, 11) is 1.80. The maximum absolute atomic E-state index is 14.2. The minimum absolute atomic E-state index is 0.142. The number of fused-ring (bicyclic) bond motifs is 1. The number of aromatic nitrogens is 2. The summed E-state index contributed by atoms with van der Waals surface area (Å²) >= 11 is 1.36. The highest BCUT2D eigenvalue weighted by atomic mass is 32.1. The van der Waals surface area contributed by atoms with Crippen LogP contribution in [-0.2, 0) is 13.6 Å². The first-order valence-corrected chi connectivity index (χ1v) is 9.40. The molecule has 1 N–H and O–H groups in total. The molecule has 27 heavy (non-hydrogen) atoms. The van der Waals surface area contributed by atoms with Gasteiger partial charge < -0.3 is 5.32 Å². The van der Waals surface area contributed by atoms with Crippen molar-refractivity contribution in [3.8, 4) is 11.3 Å². The van der Waals surface area contributed by atoms with Crippen molar-refractivity contribution in [3.63, 3.8) is 0 Å². The van der Waals surface area contributed by atoms with Crippen LogP contribution in [-0.4, -0.2) is 15.7 Å². The van der Waals surface area contributed by atoms with Crippen LogP contribution < -0.4 is 5.32 Å². The Bertz CT molecular complexity index is 1130. The van der Waals surface area contributed by atoms with Crippen LogP contribution in [0.5, 0.6) is 0 Å². The van der Waals surface area contributed by atoms with Gasteiger partial charge in [0.1, 0.15) is 16.3 Å². The van der Waals surface area contributed by atoms with Gasteiger partial charge in [-0.05, 0) is 30.7 Å². The molecular formula is C21H18FN3OS. The average Bonchev–Trinajstić information content (AvgIpc) is 3.22. The zero-order chi connectivity index (χ0) is 19.0. The Morgan fingerprint density at radius 2 is 1.93 bits per heavy atom. The summed E-state index contributed by atoms with van der Waals surface area (Å²) < 4.78 is 15.9. The monoisotopic (exact) mass is 379 g/mol. The van der Waals surface area contributed by atoms with E-state index in [2.05, 4.69) is 10.4 Å². The van der Waals surface area contributed by atoms with Crippen molar-refractivity contribution in [2.75, 3.05) is 0 Å². The zero-order valence-corrected chi connectivity index (χ0v) is 15.8. The van der Waals surface area contributed by atoms with E-state index in [9.17, 15) is 9.18 Å². The van der Waals surface area contributed by atoms with Crippen molar-refractivity contribution in [3.05, 3.63) is 76.4 Å². The number of hydrogen-bond donors (Lipinski definition) is 1. The van der Waals surface area contributed by atoms with Gasteiger partial charge in [-0.3, -0.25) is 9.48 Å². The number of amides is 1. The molecule has 0 aliphatic rings. The summed E-state index contributed by atoms with van der Waals surface area (Å²) in [5.74, 6) is -0.467. The number of carbonyl (C=O) groups is 1. The van der Waals surface area contributed by atoms with Crippen LogP contribution >= 0.6 is 11.3 Å². The summed E-state index contributed by atoms with van der Waals surface area (Å²) in [4.78, 5) is 14.0. The van der Waals surface area contributed by atoms with Gasteiger partial charge in [-0.15, -0.1) is 11.3 Å². The van der Waals surface area contributed by atoms with E-state index in [0.717, 1.165) is 15.8 Å². The predicted octanol–water partition coefficient (Wildman–Crippen LogP) is 4.68. The predicted molar refractivity (Wildman–Crippen MR) is 106 cm³/mol. The molecule has 0 unspecified atom stereocenters. The molecule has 0 spiro atoms. The Morgan fingerprint density at radius 1 is 1.19 bits per heavy atom. The van der Waals surface area contributed by atoms with Crippen LogP contribution in [0.4, 0.5) is 4.39 Å². The first-order valence-electron chi connectivity index (χ1n) is 8.58. The van der Waals surface area contributed by atoms with Crippen LogP contribution in [0.25, 0.3) is 21.5 Å². The third-order valence-electron chi connectivity index (χ3n) is 4.44. The lowest BCUT2D eigenvalue weighted by Gasteiger charge is -2.04. The van der Waals surface area contributed by atoms with Gasteiger partial charge in [0.15, 0.2) is 0 Å². The second-order valence-corrected chi connectivity index (χ2v) is 7.48. The van der Waals surface area contributed by atoms with Crippen LogP contribution in [0.2, 0.25) is 0 Å². The highest BCUT2D eigenvalue weighted by molar-refractivity contribution is 7.20.